The van der Waals surface area contributed by atoms with Gasteiger partial charge in [0.2, 0.25) is 0 Å². The van der Waals surface area contributed by atoms with Crippen molar-refractivity contribution >= 4 is 43.1 Å². The van der Waals surface area contributed by atoms with Crippen LogP contribution < -0.4 is 0 Å². The van der Waals surface area contributed by atoms with E-state index in [1.165, 1.54) is 87.6 Å². The second-order valence-corrected chi connectivity index (χ2v) is 12.6. The fraction of sp³-hybridized carbons (Fsp3) is 0.0698. The second kappa shape index (κ2) is 8.90. The number of hydrogen-bond donors (Lipinski definition) is 0. The Labute approximate surface area is 251 Å². The van der Waals surface area contributed by atoms with Gasteiger partial charge in [0.05, 0.1) is 0 Å². The molecule has 0 fully saturated rings. The summed E-state index contributed by atoms with van der Waals surface area (Å²) in [6.07, 6.45) is 0. The molecular formula is C43H30. The van der Waals surface area contributed by atoms with E-state index < -0.39 is 0 Å². The van der Waals surface area contributed by atoms with Crippen LogP contribution in [-0.2, 0) is 5.41 Å². The number of benzene rings is 8. The number of fused-ring (bicyclic) bond motifs is 10. The smallest absolute Gasteiger partial charge is 0.0159 e. The van der Waals surface area contributed by atoms with Crippen LogP contribution in [0.4, 0.5) is 0 Å². The molecule has 0 N–H and O–H groups in total. The van der Waals surface area contributed by atoms with Gasteiger partial charge in [-0.1, -0.05) is 129 Å². The lowest BCUT2D eigenvalue weighted by Crippen LogP contribution is -2.14. The molecule has 0 radical (unpaired) electrons. The second-order valence-electron chi connectivity index (χ2n) is 12.6. The van der Waals surface area contributed by atoms with Gasteiger partial charge in [-0.2, -0.15) is 0 Å². The summed E-state index contributed by atoms with van der Waals surface area (Å²) in [5, 5.41) is 10.5. The Balaban J connectivity index is 1.19. The van der Waals surface area contributed by atoms with E-state index in [-0.39, 0.29) is 5.41 Å². The first kappa shape index (κ1) is 24.4. The van der Waals surface area contributed by atoms with Crippen LogP contribution in [0.5, 0.6) is 0 Å². The summed E-state index contributed by atoms with van der Waals surface area (Å²) in [7, 11) is 0. The molecule has 0 saturated carbocycles. The van der Waals surface area contributed by atoms with Crippen LogP contribution in [-0.4, -0.2) is 0 Å². The van der Waals surface area contributed by atoms with Crippen LogP contribution >= 0.6 is 0 Å². The Bertz CT molecular complexity index is 2390. The van der Waals surface area contributed by atoms with Gasteiger partial charge in [0, 0.05) is 5.41 Å². The first-order valence-corrected chi connectivity index (χ1v) is 15.2. The van der Waals surface area contributed by atoms with Crippen molar-refractivity contribution in [2.24, 2.45) is 0 Å². The van der Waals surface area contributed by atoms with Crippen LogP contribution in [0.1, 0.15) is 25.0 Å². The highest BCUT2D eigenvalue weighted by Gasteiger charge is 2.35. The third-order valence-electron chi connectivity index (χ3n) is 9.82. The van der Waals surface area contributed by atoms with Crippen molar-refractivity contribution in [2.45, 2.75) is 19.3 Å². The van der Waals surface area contributed by atoms with Crippen LogP contribution in [0.15, 0.2) is 146 Å². The fourth-order valence-electron chi connectivity index (χ4n) is 7.58. The highest BCUT2D eigenvalue weighted by atomic mass is 14.4. The lowest BCUT2D eigenvalue weighted by Gasteiger charge is -2.22. The van der Waals surface area contributed by atoms with E-state index in [9.17, 15) is 0 Å². The molecule has 1 aliphatic carbocycles. The van der Waals surface area contributed by atoms with E-state index >= 15 is 0 Å². The summed E-state index contributed by atoms with van der Waals surface area (Å²) >= 11 is 0. The monoisotopic (exact) mass is 546 g/mol. The van der Waals surface area contributed by atoms with Crippen LogP contribution in [0, 0.1) is 0 Å². The van der Waals surface area contributed by atoms with Gasteiger partial charge in [0.15, 0.2) is 0 Å². The predicted molar refractivity (Wildman–Crippen MR) is 185 cm³/mol. The molecule has 0 heteroatoms. The Kier molecular flexibility index (Phi) is 5.05. The van der Waals surface area contributed by atoms with E-state index in [2.05, 4.69) is 159 Å². The molecule has 43 heavy (non-hydrogen) atoms. The first-order valence-electron chi connectivity index (χ1n) is 15.2. The maximum atomic E-state index is 2.41. The molecule has 202 valence electrons. The minimum atomic E-state index is -0.0207. The zero-order chi connectivity index (χ0) is 28.7. The van der Waals surface area contributed by atoms with E-state index in [0.29, 0.717) is 0 Å². The topological polar surface area (TPSA) is 0 Å². The molecule has 0 atom stereocenters. The summed E-state index contributed by atoms with van der Waals surface area (Å²) in [5.74, 6) is 0. The molecular weight excluding hydrogens is 516 g/mol. The number of hydrogen-bond acceptors (Lipinski definition) is 0. The average molecular weight is 547 g/mol. The van der Waals surface area contributed by atoms with Crippen LogP contribution in [0.25, 0.3) is 76.5 Å². The van der Waals surface area contributed by atoms with Crippen molar-refractivity contribution in [3.63, 3.8) is 0 Å². The van der Waals surface area contributed by atoms with Gasteiger partial charge in [0.25, 0.3) is 0 Å². The molecule has 0 bridgehead atoms. The quantitative estimate of drug-likeness (QED) is 0.189. The maximum Gasteiger partial charge on any atom is 0.0159 e. The number of rotatable bonds is 2. The molecule has 0 spiro atoms. The van der Waals surface area contributed by atoms with Gasteiger partial charge < -0.3 is 0 Å². The Hall–Kier alpha value is -5.20. The SMILES string of the molecule is CC1(C)c2ccc(-c3cccc(-c4ccc5c6ccccc6c6ccccc6c5c4)c3)cc2-c2cc3ccccc3cc21. The summed E-state index contributed by atoms with van der Waals surface area (Å²) < 4.78 is 0. The van der Waals surface area contributed by atoms with E-state index in [1.807, 2.05) is 0 Å². The van der Waals surface area contributed by atoms with Gasteiger partial charge in [0.1, 0.15) is 0 Å². The standard InChI is InChI=1S/C43H30/c1-43(2)41-21-19-32(25-39(41)40-24-29-10-3-4-11-30(29)26-42(40)43)28-13-9-12-27(22-28)31-18-20-37-35-16-6-5-14-33(35)34-15-7-8-17-36(34)38(37)23-31/h3-26H,1-2H3. The van der Waals surface area contributed by atoms with Crippen molar-refractivity contribution in [1.29, 1.82) is 0 Å². The molecule has 0 saturated heterocycles. The van der Waals surface area contributed by atoms with Crippen LogP contribution in [0.3, 0.4) is 0 Å². The predicted octanol–water partition coefficient (Wildman–Crippen LogP) is 11.9. The lowest BCUT2D eigenvalue weighted by molar-refractivity contribution is 0.661. The molecule has 9 rings (SSSR count). The molecule has 0 aliphatic heterocycles. The minimum absolute atomic E-state index is 0.0207. The Morgan fingerprint density at radius 2 is 0.814 bits per heavy atom. The van der Waals surface area contributed by atoms with Crippen LogP contribution in [0.2, 0.25) is 0 Å². The zero-order valence-electron chi connectivity index (χ0n) is 24.4. The van der Waals surface area contributed by atoms with Gasteiger partial charge in [-0.05, 0) is 118 Å². The summed E-state index contributed by atoms with van der Waals surface area (Å²) in [5.41, 5.74) is 10.5. The Morgan fingerprint density at radius 3 is 1.49 bits per heavy atom. The van der Waals surface area contributed by atoms with E-state index in [0.717, 1.165) is 0 Å². The summed E-state index contributed by atoms with van der Waals surface area (Å²) in [4.78, 5) is 0. The van der Waals surface area contributed by atoms with E-state index in [4.69, 9.17) is 0 Å². The normalized spacial score (nSPS) is 13.5. The Morgan fingerprint density at radius 1 is 0.326 bits per heavy atom. The van der Waals surface area contributed by atoms with Gasteiger partial charge in [-0.3, -0.25) is 0 Å². The summed E-state index contributed by atoms with van der Waals surface area (Å²) in [6, 6.07) is 54.2. The molecule has 1 aliphatic rings. The third-order valence-corrected chi connectivity index (χ3v) is 9.82. The summed E-state index contributed by atoms with van der Waals surface area (Å²) in [6.45, 7) is 4.72. The largest absolute Gasteiger partial charge is 0.0616 e. The fourth-order valence-corrected chi connectivity index (χ4v) is 7.58. The van der Waals surface area contributed by atoms with Crippen molar-refractivity contribution in [3.8, 4) is 33.4 Å². The van der Waals surface area contributed by atoms with E-state index in [1.54, 1.807) is 0 Å². The highest BCUT2D eigenvalue weighted by molar-refractivity contribution is 6.25. The minimum Gasteiger partial charge on any atom is -0.0616 e. The maximum absolute atomic E-state index is 2.41. The van der Waals surface area contributed by atoms with Gasteiger partial charge >= 0.3 is 0 Å². The molecule has 8 aromatic carbocycles. The molecule has 0 nitrogen and oxygen atoms in total. The third kappa shape index (κ3) is 3.57. The van der Waals surface area contributed by atoms with Crippen molar-refractivity contribution < 1.29 is 0 Å². The molecule has 0 amide bonds. The molecule has 8 aromatic rings. The van der Waals surface area contributed by atoms with Crippen molar-refractivity contribution in [1.82, 2.24) is 0 Å². The van der Waals surface area contributed by atoms with Crippen molar-refractivity contribution in [3.05, 3.63) is 157 Å². The first-order chi connectivity index (χ1) is 21.1. The highest BCUT2D eigenvalue weighted by Crippen LogP contribution is 2.51. The molecule has 0 heterocycles. The zero-order valence-corrected chi connectivity index (χ0v) is 24.4. The molecule has 0 aromatic heterocycles. The molecule has 0 unspecified atom stereocenters. The lowest BCUT2D eigenvalue weighted by atomic mass is 9.81. The average Bonchev–Trinajstić information content (AvgIpc) is 3.28. The van der Waals surface area contributed by atoms with Crippen molar-refractivity contribution in [2.75, 3.05) is 0 Å². The van der Waals surface area contributed by atoms with Gasteiger partial charge in [-0.25, -0.2) is 0 Å². The van der Waals surface area contributed by atoms with Gasteiger partial charge in [-0.15, -0.1) is 0 Å².